The molecule has 3 aromatic rings. The third-order valence-corrected chi connectivity index (χ3v) is 6.87. The molecule has 5 N–H and O–H groups in total. The second kappa shape index (κ2) is 9.94. The zero-order valence-electron chi connectivity index (χ0n) is 19.6. The molecule has 0 saturated carbocycles. The average Bonchev–Trinajstić information content (AvgIpc) is 3.27. The van der Waals surface area contributed by atoms with Crippen molar-refractivity contribution in [2.45, 2.75) is 44.8 Å². The van der Waals surface area contributed by atoms with Crippen molar-refractivity contribution in [3.05, 3.63) is 41.7 Å². The van der Waals surface area contributed by atoms with Crippen LogP contribution in [0.1, 0.15) is 30.9 Å². The number of nitrogens with zero attached hydrogens (tertiary/aromatic N) is 5. The number of fused-ring (bicyclic) bond motifs is 2. The molecule has 0 aliphatic carbocycles. The number of hydrogen-bond acceptors (Lipinski definition) is 8. The summed E-state index contributed by atoms with van der Waals surface area (Å²) in [6, 6.07) is 8.88. The minimum atomic E-state index is -0.0251. The van der Waals surface area contributed by atoms with E-state index in [2.05, 4.69) is 60.0 Å². The van der Waals surface area contributed by atoms with Crippen molar-refractivity contribution < 1.29 is 4.79 Å². The van der Waals surface area contributed by atoms with Gasteiger partial charge in [-0.15, -0.1) is 0 Å². The quantitative estimate of drug-likeness (QED) is 0.416. The number of amides is 1. The lowest BCUT2D eigenvalue weighted by Crippen LogP contribution is -2.43. The first kappa shape index (κ1) is 22.5. The van der Waals surface area contributed by atoms with Crippen molar-refractivity contribution in [1.82, 2.24) is 30.0 Å². The zero-order chi connectivity index (χ0) is 23.5. The highest BCUT2D eigenvalue weighted by atomic mass is 16.2. The van der Waals surface area contributed by atoms with Gasteiger partial charge in [-0.05, 0) is 30.4 Å². The maximum atomic E-state index is 11.6. The first-order chi connectivity index (χ1) is 16.6. The summed E-state index contributed by atoms with van der Waals surface area (Å²) < 4.78 is 0. The Bertz CT molecular complexity index is 1140. The van der Waals surface area contributed by atoms with Crippen LogP contribution in [0.5, 0.6) is 0 Å². The van der Waals surface area contributed by atoms with Gasteiger partial charge in [-0.3, -0.25) is 14.8 Å². The number of nitrogens with one attached hydrogen (secondary N) is 3. The Morgan fingerprint density at radius 3 is 2.76 bits per heavy atom. The van der Waals surface area contributed by atoms with E-state index < -0.39 is 0 Å². The Morgan fingerprint density at radius 1 is 1.18 bits per heavy atom. The minimum Gasteiger partial charge on any atom is -0.365 e. The fraction of sp³-hybridized carbons (Fsp3) is 0.500. The number of aromatic amines is 1. The van der Waals surface area contributed by atoms with E-state index in [0.717, 1.165) is 68.8 Å². The molecule has 180 valence electrons. The van der Waals surface area contributed by atoms with Gasteiger partial charge in [0.1, 0.15) is 17.4 Å². The monoisotopic (exact) mass is 463 g/mol. The van der Waals surface area contributed by atoms with Crippen LogP contribution in [0.2, 0.25) is 0 Å². The molecular formula is C24H33N9O. The standard InChI is InChI=1S/C24H33N9O/c1-16(34)33-10-7-20(8-11-33)29-23-22-21(27-15-28-23)24(31-30-22)26-12-19(25)14-32-9-6-17-4-2-3-5-18(17)13-32/h2-5,15,19-20H,6-14,25H2,1H3,(H2,26,30,31)(H,27,28,29). The summed E-state index contributed by atoms with van der Waals surface area (Å²) in [6.45, 7) is 6.55. The van der Waals surface area contributed by atoms with Crippen LogP contribution in [0.25, 0.3) is 11.0 Å². The molecule has 34 heavy (non-hydrogen) atoms. The van der Waals surface area contributed by atoms with E-state index in [9.17, 15) is 4.79 Å². The molecule has 1 fully saturated rings. The predicted molar refractivity (Wildman–Crippen MR) is 132 cm³/mol. The van der Waals surface area contributed by atoms with Crippen LogP contribution in [0.15, 0.2) is 30.6 Å². The smallest absolute Gasteiger partial charge is 0.219 e. The van der Waals surface area contributed by atoms with Crippen molar-refractivity contribution >= 4 is 28.6 Å². The molecule has 1 saturated heterocycles. The van der Waals surface area contributed by atoms with Gasteiger partial charge in [0.15, 0.2) is 11.6 Å². The summed E-state index contributed by atoms with van der Waals surface area (Å²) in [5, 5.41) is 14.4. The molecule has 2 aliphatic heterocycles. The molecule has 1 amide bonds. The Kier molecular flexibility index (Phi) is 6.59. The number of hydrogen-bond donors (Lipinski definition) is 4. The van der Waals surface area contributed by atoms with Gasteiger partial charge in [0.2, 0.25) is 5.91 Å². The lowest BCUT2D eigenvalue weighted by atomic mass is 9.99. The van der Waals surface area contributed by atoms with Crippen LogP contribution in [-0.2, 0) is 17.8 Å². The molecule has 5 rings (SSSR count). The van der Waals surface area contributed by atoms with Gasteiger partial charge >= 0.3 is 0 Å². The van der Waals surface area contributed by atoms with Gasteiger partial charge in [0, 0.05) is 58.3 Å². The number of benzene rings is 1. The van der Waals surface area contributed by atoms with Crippen LogP contribution in [0.4, 0.5) is 11.6 Å². The fourth-order valence-corrected chi connectivity index (χ4v) is 4.93. The normalized spacial score (nSPS) is 18.0. The number of carbonyl (C=O) groups excluding carboxylic acids is 1. The van der Waals surface area contributed by atoms with Crippen molar-refractivity contribution in [2.75, 3.05) is 43.4 Å². The number of rotatable bonds is 7. The van der Waals surface area contributed by atoms with E-state index in [1.165, 1.54) is 11.1 Å². The van der Waals surface area contributed by atoms with Crippen molar-refractivity contribution in [1.29, 1.82) is 0 Å². The molecule has 1 unspecified atom stereocenters. The minimum absolute atomic E-state index is 0.0251. The predicted octanol–water partition coefficient (Wildman–Crippen LogP) is 1.57. The van der Waals surface area contributed by atoms with Crippen LogP contribution < -0.4 is 16.4 Å². The summed E-state index contributed by atoms with van der Waals surface area (Å²) in [4.78, 5) is 24.7. The molecule has 10 nitrogen and oxygen atoms in total. The Balaban J connectivity index is 1.16. The number of aromatic nitrogens is 4. The van der Waals surface area contributed by atoms with E-state index in [1.54, 1.807) is 13.3 Å². The van der Waals surface area contributed by atoms with Crippen molar-refractivity contribution in [3.63, 3.8) is 0 Å². The second-order valence-corrected chi connectivity index (χ2v) is 9.34. The highest BCUT2D eigenvalue weighted by Crippen LogP contribution is 2.25. The van der Waals surface area contributed by atoms with E-state index in [4.69, 9.17) is 5.73 Å². The molecule has 0 bridgehead atoms. The van der Waals surface area contributed by atoms with Gasteiger partial charge in [-0.25, -0.2) is 9.97 Å². The second-order valence-electron chi connectivity index (χ2n) is 9.34. The average molecular weight is 464 g/mol. The maximum Gasteiger partial charge on any atom is 0.219 e. The molecule has 4 heterocycles. The molecule has 2 aliphatic rings. The summed E-state index contributed by atoms with van der Waals surface area (Å²) >= 11 is 0. The summed E-state index contributed by atoms with van der Waals surface area (Å²) in [7, 11) is 0. The van der Waals surface area contributed by atoms with Gasteiger partial charge in [-0.2, -0.15) is 5.10 Å². The molecule has 10 heteroatoms. The Morgan fingerprint density at radius 2 is 1.97 bits per heavy atom. The molecule has 2 aromatic heterocycles. The van der Waals surface area contributed by atoms with Crippen LogP contribution >= 0.6 is 0 Å². The number of likely N-dealkylation sites (tertiary alicyclic amines) is 1. The number of anilines is 2. The topological polar surface area (TPSA) is 128 Å². The van der Waals surface area contributed by atoms with Gasteiger partial charge < -0.3 is 21.3 Å². The van der Waals surface area contributed by atoms with E-state index in [1.807, 2.05) is 4.90 Å². The number of piperidine rings is 1. The Labute approximate surface area is 199 Å². The highest BCUT2D eigenvalue weighted by Gasteiger charge is 2.23. The SMILES string of the molecule is CC(=O)N1CCC(Nc2ncnc3c(NCC(N)CN4CCc5ccccc5C4)n[nH]c23)CC1. The van der Waals surface area contributed by atoms with E-state index in [-0.39, 0.29) is 18.0 Å². The highest BCUT2D eigenvalue weighted by molar-refractivity contribution is 5.92. The van der Waals surface area contributed by atoms with Crippen LogP contribution in [0, 0.1) is 0 Å². The van der Waals surface area contributed by atoms with Gasteiger partial charge in [-0.1, -0.05) is 24.3 Å². The molecular weight excluding hydrogens is 430 g/mol. The first-order valence-electron chi connectivity index (χ1n) is 12.1. The van der Waals surface area contributed by atoms with Crippen molar-refractivity contribution in [3.8, 4) is 0 Å². The summed E-state index contributed by atoms with van der Waals surface area (Å²) in [6.07, 6.45) is 4.41. The third kappa shape index (κ3) is 4.97. The largest absolute Gasteiger partial charge is 0.365 e. The zero-order valence-corrected chi connectivity index (χ0v) is 19.6. The molecule has 1 atom stereocenters. The first-order valence-corrected chi connectivity index (χ1v) is 12.1. The molecule has 1 aromatic carbocycles. The van der Waals surface area contributed by atoms with Crippen LogP contribution in [-0.4, -0.2) is 80.7 Å². The van der Waals surface area contributed by atoms with Gasteiger partial charge in [0.25, 0.3) is 0 Å². The van der Waals surface area contributed by atoms with Crippen molar-refractivity contribution in [2.24, 2.45) is 5.73 Å². The third-order valence-electron chi connectivity index (χ3n) is 6.87. The number of nitrogens with two attached hydrogens (primary N) is 1. The van der Waals surface area contributed by atoms with Gasteiger partial charge in [0.05, 0.1) is 0 Å². The summed E-state index contributed by atoms with van der Waals surface area (Å²) in [5.41, 5.74) is 10.8. The fourth-order valence-electron chi connectivity index (χ4n) is 4.93. The van der Waals surface area contributed by atoms with E-state index >= 15 is 0 Å². The lowest BCUT2D eigenvalue weighted by molar-refractivity contribution is -0.129. The number of H-pyrrole nitrogens is 1. The molecule has 0 spiro atoms. The molecule has 0 radical (unpaired) electrons. The number of carbonyl (C=O) groups is 1. The lowest BCUT2D eigenvalue weighted by Gasteiger charge is -2.31. The van der Waals surface area contributed by atoms with Crippen LogP contribution in [0.3, 0.4) is 0 Å². The van der Waals surface area contributed by atoms with E-state index in [0.29, 0.717) is 12.4 Å². The summed E-state index contributed by atoms with van der Waals surface area (Å²) in [5.74, 6) is 1.56. The Hall–Kier alpha value is -3.24. The maximum absolute atomic E-state index is 11.6.